The summed E-state index contributed by atoms with van der Waals surface area (Å²) >= 11 is 0. The molecule has 1 fully saturated rings. The van der Waals surface area contributed by atoms with Crippen LogP contribution in [0.2, 0.25) is 0 Å². The lowest BCUT2D eigenvalue weighted by molar-refractivity contribution is -0.148. The molecule has 2 heterocycles. The van der Waals surface area contributed by atoms with Crippen molar-refractivity contribution < 1.29 is 37.3 Å². The molecule has 1 aromatic rings. The van der Waals surface area contributed by atoms with E-state index in [0.29, 0.717) is 26.1 Å². The fourth-order valence-corrected chi connectivity index (χ4v) is 3.67. The number of hydrogen-bond donors (Lipinski definition) is 1. The molecule has 0 amide bonds. The molecule has 0 aliphatic carbocycles. The number of esters is 1. The third kappa shape index (κ3) is 3.81. The summed E-state index contributed by atoms with van der Waals surface area (Å²) in [6.07, 6.45) is -3.27. The van der Waals surface area contributed by atoms with Crippen LogP contribution in [0.25, 0.3) is 0 Å². The summed E-state index contributed by atoms with van der Waals surface area (Å²) in [5.41, 5.74) is -2.78. The quantitative estimate of drug-likeness (QED) is 0.824. The zero-order chi connectivity index (χ0) is 19.0. The number of rotatable bonds is 3. The topological polar surface area (TPSA) is 65.0 Å². The number of halogens is 3. The van der Waals surface area contributed by atoms with Gasteiger partial charge in [-0.2, -0.15) is 13.2 Å². The number of alkyl halides is 3. The van der Waals surface area contributed by atoms with Crippen molar-refractivity contribution in [2.75, 3.05) is 19.8 Å². The monoisotopic (exact) mass is 374 g/mol. The standard InChI is InChI=1S/C18H21F3O5/c1-12(22)25-9-6-17(23)11-16(4-7-24-8-5-16)26-15-10-13(18(19,20)21)2-3-14(15)17/h2-3,10,23H,4-9,11H2,1H3. The Bertz CT molecular complexity index is 682. The maximum absolute atomic E-state index is 13.1. The minimum absolute atomic E-state index is 0.0262. The molecule has 1 atom stereocenters. The van der Waals surface area contributed by atoms with E-state index in [1.807, 2.05) is 0 Å². The Hall–Kier alpha value is -1.80. The highest BCUT2D eigenvalue weighted by molar-refractivity contribution is 5.65. The van der Waals surface area contributed by atoms with Crippen LogP contribution in [-0.2, 0) is 26.0 Å². The molecule has 0 radical (unpaired) electrons. The normalized spacial score (nSPS) is 24.7. The second-order valence-corrected chi connectivity index (χ2v) is 6.90. The predicted octanol–water partition coefficient (Wildman–Crippen LogP) is 3.18. The number of fused-ring (bicyclic) bond motifs is 1. The van der Waals surface area contributed by atoms with Crippen LogP contribution in [0.1, 0.15) is 43.7 Å². The number of carbonyl (C=O) groups is 1. The third-order valence-electron chi connectivity index (χ3n) is 4.98. The first-order valence-electron chi connectivity index (χ1n) is 8.48. The van der Waals surface area contributed by atoms with Crippen molar-refractivity contribution in [1.29, 1.82) is 0 Å². The first kappa shape index (κ1) is 19.0. The number of ether oxygens (including phenoxy) is 3. The van der Waals surface area contributed by atoms with E-state index in [1.165, 1.54) is 13.0 Å². The van der Waals surface area contributed by atoms with Crippen LogP contribution in [0.4, 0.5) is 13.2 Å². The van der Waals surface area contributed by atoms with Gasteiger partial charge in [0.05, 0.1) is 25.4 Å². The average molecular weight is 374 g/mol. The van der Waals surface area contributed by atoms with Crippen LogP contribution < -0.4 is 4.74 Å². The van der Waals surface area contributed by atoms with E-state index in [1.54, 1.807) is 0 Å². The van der Waals surface area contributed by atoms with E-state index in [2.05, 4.69) is 0 Å². The van der Waals surface area contributed by atoms with E-state index >= 15 is 0 Å². The Kier molecular flexibility index (Phi) is 4.92. The van der Waals surface area contributed by atoms with E-state index in [9.17, 15) is 23.1 Å². The molecule has 1 unspecified atom stereocenters. The Morgan fingerprint density at radius 2 is 2.00 bits per heavy atom. The van der Waals surface area contributed by atoms with Crippen LogP contribution >= 0.6 is 0 Å². The Morgan fingerprint density at radius 3 is 2.62 bits per heavy atom. The lowest BCUT2D eigenvalue weighted by Gasteiger charge is -2.48. The number of carbonyl (C=O) groups excluding carboxylic acids is 1. The summed E-state index contributed by atoms with van der Waals surface area (Å²) in [6, 6.07) is 3.11. The summed E-state index contributed by atoms with van der Waals surface area (Å²) < 4.78 is 55.5. The first-order chi connectivity index (χ1) is 12.1. The first-order valence-corrected chi connectivity index (χ1v) is 8.48. The van der Waals surface area contributed by atoms with Gasteiger partial charge in [-0.3, -0.25) is 4.79 Å². The molecule has 1 spiro atoms. The highest BCUT2D eigenvalue weighted by Gasteiger charge is 2.50. The predicted molar refractivity (Wildman–Crippen MR) is 84.6 cm³/mol. The lowest BCUT2D eigenvalue weighted by Crippen LogP contribution is -2.51. The van der Waals surface area contributed by atoms with Crippen molar-refractivity contribution in [3.8, 4) is 5.75 Å². The molecule has 0 aromatic heterocycles. The van der Waals surface area contributed by atoms with Gasteiger partial charge >= 0.3 is 12.1 Å². The minimum Gasteiger partial charge on any atom is -0.487 e. The summed E-state index contributed by atoms with van der Waals surface area (Å²) in [4.78, 5) is 11.0. The highest BCUT2D eigenvalue weighted by Crippen LogP contribution is 2.50. The summed E-state index contributed by atoms with van der Waals surface area (Å²) in [7, 11) is 0. The lowest BCUT2D eigenvalue weighted by atomic mass is 9.74. The van der Waals surface area contributed by atoms with Crippen molar-refractivity contribution in [2.45, 2.75) is 50.0 Å². The Morgan fingerprint density at radius 1 is 1.31 bits per heavy atom. The molecule has 5 nitrogen and oxygen atoms in total. The highest BCUT2D eigenvalue weighted by atomic mass is 19.4. The number of aliphatic hydroxyl groups is 1. The molecule has 0 saturated carbocycles. The van der Waals surface area contributed by atoms with Crippen molar-refractivity contribution in [3.05, 3.63) is 29.3 Å². The fraction of sp³-hybridized carbons (Fsp3) is 0.611. The average Bonchev–Trinajstić information content (AvgIpc) is 2.53. The smallest absolute Gasteiger partial charge is 0.416 e. The summed E-state index contributed by atoms with van der Waals surface area (Å²) in [6.45, 7) is 2.05. The Balaban J connectivity index is 1.97. The second-order valence-electron chi connectivity index (χ2n) is 6.90. The molecular formula is C18H21F3O5. The second kappa shape index (κ2) is 6.74. The van der Waals surface area contributed by atoms with Crippen molar-refractivity contribution in [3.63, 3.8) is 0 Å². The van der Waals surface area contributed by atoms with Gasteiger partial charge in [-0.15, -0.1) is 0 Å². The van der Waals surface area contributed by atoms with E-state index in [0.717, 1.165) is 12.1 Å². The number of benzene rings is 1. The van der Waals surface area contributed by atoms with Crippen LogP contribution in [-0.4, -0.2) is 36.5 Å². The van der Waals surface area contributed by atoms with E-state index in [-0.39, 0.29) is 30.8 Å². The van der Waals surface area contributed by atoms with Crippen molar-refractivity contribution in [1.82, 2.24) is 0 Å². The van der Waals surface area contributed by atoms with Crippen LogP contribution in [0.5, 0.6) is 5.75 Å². The van der Waals surface area contributed by atoms with E-state index in [4.69, 9.17) is 14.2 Å². The van der Waals surface area contributed by atoms with Gasteiger partial charge in [0.1, 0.15) is 17.0 Å². The van der Waals surface area contributed by atoms with Gasteiger partial charge in [-0.25, -0.2) is 0 Å². The maximum Gasteiger partial charge on any atom is 0.416 e. The fourth-order valence-electron chi connectivity index (χ4n) is 3.67. The maximum atomic E-state index is 13.1. The molecule has 0 bridgehead atoms. The number of hydrogen-bond acceptors (Lipinski definition) is 5. The van der Waals surface area contributed by atoms with Gasteiger partial charge in [0.15, 0.2) is 0 Å². The molecule has 144 valence electrons. The zero-order valence-electron chi connectivity index (χ0n) is 14.4. The molecule has 1 aromatic carbocycles. The molecule has 2 aliphatic heterocycles. The molecule has 26 heavy (non-hydrogen) atoms. The molecule has 3 rings (SSSR count). The van der Waals surface area contributed by atoms with Crippen LogP contribution in [0.15, 0.2) is 18.2 Å². The van der Waals surface area contributed by atoms with Gasteiger partial charge in [-0.05, 0) is 12.1 Å². The third-order valence-corrected chi connectivity index (χ3v) is 4.98. The zero-order valence-corrected chi connectivity index (χ0v) is 14.4. The largest absolute Gasteiger partial charge is 0.487 e. The molecule has 2 aliphatic rings. The van der Waals surface area contributed by atoms with E-state index < -0.39 is 28.9 Å². The van der Waals surface area contributed by atoms with Gasteiger partial charge in [-0.1, -0.05) is 6.07 Å². The summed E-state index contributed by atoms with van der Waals surface area (Å²) in [5, 5.41) is 11.3. The summed E-state index contributed by atoms with van der Waals surface area (Å²) in [5.74, 6) is -0.451. The van der Waals surface area contributed by atoms with Crippen LogP contribution in [0.3, 0.4) is 0 Å². The van der Waals surface area contributed by atoms with Crippen molar-refractivity contribution in [2.24, 2.45) is 0 Å². The van der Waals surface area contributed by atoms with Gasteiger partial charge in [0, 0.05) is 38.2 Å². The van der Waals surface area contributed by atoms with Crippen LogP contribution in [0, 0.1) is 0 Å². The molecule has 8 heteroatoms. The molecular weight excluding hydrogens is 353 g/mol. The molecule has 1 saturated heterocycles. The van der Waals surface area contributed by atoms with Gasteiger partial charge in [0.25, 0.3) is 0 Å². The SMILES string of the molecule is CC(=O)OCCC1(O)CC2(CCOCC2)Oc2cc(C(F)(F)F)ccc21. The Labute approximate surface area is 149 Å². The molecule has 1 N–H and O–H groups in total. The minimum atomic E-state index is -4.51. The van der Waals surface area contributed by atoms with Crippen molar-refractivity contribution >= 4 is 5.97 Å². The van der Waals surface area contributed by atoms with Gasteiger partial charge in [0.2, 0.25) is 0 Å². The van der Waals surface area contributed by atoms with Gasteiger partial charge < -0.3 is 19.3 Å².